The molecule has 8 heteroatoms. The van der Waals surface area contributed by atoms with Crippen molar-refractivity contribution in [3.63, 3.8) is 0 Å². The minimum Gasteiger partial charge on any atom is -0.497 e. The second-order valence-corrected chi connectivity index (χ2v) is 8.37. The SMILES string of the molecule is COc1cc(-c2ccc(F)cc2)c2c(NCc3cc(CN4CCCCC4)n[nH]3)ncnc2c1. The van der Waals surface area contributed by atoms with Gasteiger partial charge in [-0.3, -0.25) is 10.00 Å². The number of anilines is 1. The summed E-state index contributed by atoms with van der Waals surface area (Å²) >= 11 is 0. The van der Waals surface area contributed by atoms with Crippen LogP contribution in [0.5, 0.6) is 5.75 Å². The second-order valence-electron chi connectivity index (χ2n) is 8.37. The van der Waals surface area contributed by atoms with Crippen LogP contribution in [0.15, 0.2) is 48.8 Å². The van der Waals surface area contributed by atoms with E-state index < -0.39 is 0 Å². The number of halogens is 1. The number of ether oxygens (including phenoxy) is 1. The molecule has 0 aliphatic carbocycles. The molecule has 5 rings (SSSR count). The van der Waals surface area contributed by atoms with E-state index in [2.05, 4.69) is 36.4 Å². The first-order chi connectivity index (χ1) is 16.2. The van der Waals surface area contributed by atoms with Crippen LogP contribution in [0.1, 0.15) is 30.7 Å². The number of nitrogens with zero attached hydrogens (tertiary/aromatic N) is 4. The van der Waals surface area contributed by atoms with Crippen LogP contribution in [0.4, 0.5) is 10.2 Å². The Morgan fingerprint density at radius 2 is 1.88 bits per heavy atom. The van der Waals surface area contributed by atoms with Crippen LogP contribution in [-0.4, -0.2) is 45.3 Å². The van der Waals surface area contributed by atoms with Gasteiger partial charge in [0, 0.05) is 12.6 Å². The minimum absolute atomic E-state index is 0.278. The quantitative estimate of drug-likeness (QED) is 0.426. The maximum Gasteiger partial charge on any atom is 0.138 e. The highest BCUT2D eigenvalue weighted by molar-refractivity contribution is 6.02. The van der Waals surface area contributed by atoms with Crippen molar-refractivity contribution in [1.29, 1.82) is 0 Å². The van der Waals surface area contributed by atoms with Gasteiger partial charge < -0.3 is 10.1 Å². The molecule has 0 bridgehead atoms. The van der Waals surface area contributed by atoms with Gasteiger partial charge in [-0.15, -0.1) is 0 Å². The third kappa shape index (κ3) is 4.80. The number of aromatic nitrogens is 4. The number of benzene rings is 2. The van der Waals surface area contributed by atoms with Crippen molar-refractivity contribution in [1.82, 2.24) is 25.1 Å². The summed E-state index contributed by atoms with van der Waals surface area (Å²) in [5.74, 6) is 1.11. The van der Waals surface area contributed by atoms with Crippen LogP contribution < -0.4 is 10.1 Å². The van der Waals surface area contributed by atoms with E-state index in [1.807, 2.05) is 12.1 Å². The summed E-state index contributed by atoms with van der Waals surface area (Å²) in [6, 6.07) is 12.3. The molecule has 7 nitrogen and oxygen atoms in total. The summed E-state index contributed by atoms with van der Waals surface area (Å²) in [6.07, 6.45) is 5.39. The second kappa shape index (κ2) is 9.54. The number of aromatic amines is 1. The molecular weight excluding hydrogens is 419 g/mol. The summed E-state index contributed by atoms with van der Waals surface area (Å²) < 4.78 is 19.0. The highest BCUT2D eigenvalue weighted by Crippen LogP contribution is 2.35. The number of methoxy groups -OCH3 is 1. The van der Waals surface area contributed by atoms with Crippen LogP contribution in [0.2, 0.25) is 0 Å². The lowest BCUT2D eigenvalue weighted by atomic mass is 10.00. The zero-order valence-electron chi connectivity index (χ0n) is 18.6. The van der Waals surface area contributed by atoms with E-state index in [1.54, 1.807) is 19.2 Å². The van der Waals surface area contributed by atoms with Crippen LogP contribution in [0.25, 0.3) is 22.0 Å². The molecule has 2 aromatic carbocycles. The average Bonchev–Trinajstić information content (AvgIpc) is 3.30. The first-order valence-corrected chi connectivity index (χ1v) is 11.3. The van der Waals surface area contributed by atoms with Crippen LogP contribution in [0.3, 0.4) is 0 Å². The monoisotopic (exact) mass is 446 g/mol. The van der Waals surface area contributed by atoms with Crippen molar-refractivity contribution >= 4 is 16.7 Å². The van der Waals surface area contributed by atoms with Gasteiger partial charge >= 0.3 is 0 Å². The maximum atomic E-state index is 13.5. The zero-order valence-corrected chi connectivity index (χ0v) is 18.6. The predicted octanol–water partition coefficient (Wildman–Crippen LogP) is 4.77. The predicted molar refractivity (Wildman–Crippen MR) is 127 cm³/mol. The molecule has 1 fully saturated rings. The van der Waals surface area contributed by atoms with Gasteiger partial charge in [0.15, 0.2) is 0 Å². The first-order valence-electron chi connectivity index (χ1n) is 11.3. The van der Waals surface area contributed by atoms with Gasteiger partial charge in [0.2, 0.25) is 0 Å². The fourth-order valence-corrected chi connectivity index (χ4v) is 4.38. The zero-order chi connectivity index (χ0) is 22.6. The van der Waals surface area contributed by atoms with Crippen molar-refractivity contribution < 1.29 is 9.13 Å². The summed E-state index contributed by atoms with van der Waals surface area (Å²) in [7, 11) is 1.62. The Kier molecular flexibility index (Phi) is 6.17. The standard InChI is InChI=1S/C25H27FN6O/c1-33-21-12-22(17-5-7-18(26)8-6-17)24-23(13-21)28-16-29-25(24)27-14-19-11-20(31-30-19)15-32-9-3-2-4-10-32/h5-8,11-13,16H,2-4,9-10,14-15H2,1H3,(H,30,31)(H,27,28,29). The number of fused-ring (bicyclic) bond motifs is 1. The van der Waals surface area contributed by atoms with Gasteiger partial charge in [0.1, 0.15) is 23.7 Å². The van der Waals surface area contributed by atoms with Crippen molar-refractivity contribution in [2.45, 2.75) is 32.4 Å². The molecule has 0 saturated carbocycles. The number of hydrogen-bond acceptors (Lipinski definition) is 6. The molecule has 0 radical (unpaired) electrons. The van der Waals surface area contributed by atoms with Gasteiger partial charge in [-0.25, -0.2) is 14.4 Å². The molecule has 0 atom stereocenters. The largest absolute Gasteiger partial charge is 0.497 e. The van der Waals surface area contributed by atoms with Crippen molar-refractivity contribution in [3.05, 3.63) is 66.0 Å². The molecule has 2 N–H and O–H groups in total. The van der Waals surface area contributed by atoms with Crippen molar-refractivity contribution in [2.75, 3.05) is 25.5 Å². The lowest BCUT2D eigenvalue weighted by molar-refractivity contribution is 0.218. The fourth-order valence-electron chi connectivity index (χ4n) is 4.38. The Morgan fingerprint density at radius 1 is 1.06 bits per heavy atom. The summed E-state index contributed by atoms with van der Waals surface area (Å²) in [6.45, 7) is 3.71. The summed E-state index contributed by atoms with van der Waals surface area (Å²) in [4.78, 5) is 11.4. The van der Waals surface area contributed by atoms with E-state index in [0.29, 0.717) is 18.1 Å². The number of piperidine rings is 1. The first kappa shape index (κ1) is 21.3. The van der Waals surface area contributed by atoms with E-state index in [9.17, 15) is 4.39 Å². The molecule has 0 unspecified atom stereocenters. The van der Waals surface area contributed by atoms with Crippen molar-refractivity contribution in [3.8, 4) is 16.9 Å². The number of rotatable bonds is 7. The summed E-state index contributed by atoms with van der Waals surface area (Å²) in [5, 5.41) is 11.9. The van der Waals surface area contributed by atoms with Crippen LogP contribution >= 0.6 is 0 Å². The lowest BCUT2D eigenvalue weighted by Crippen LogP contribution is -2.29. The highest BCUT2D eigenvalue weighted by atomic mass is 19.1. The third-order valence-corrected chi connectivity index (χ3v) is 6.07. The molecule has 1 aliphatic rings. The van der Waals surface area contributed by atoms with E-state index in [1.165, 1.54) is 37.7 Å². The molecule has 1 aliphatic heterocycles. The molecule has 3 heterocycles. The highest BCUT2D eigenvalue weighted by Gasteiger charge is 2.15. The lowest BCUT2D eigenvalue weighted by Gasteiger charge is -2.25. The van der Waals surface area contributed by atoms with E-state index >= 15 is 0 Å². The van der Waals surface area contributed by atoms with Gasteiger partial charge in [0.25, 0.3) is 0 Å². The molecule has 1 saturated heterocycles. The van der Waals surface area contributed by atoms with Gasteiger partial charge in [0.05, 0.1) is 35.9 Å². The number of hydrogen-bond donors (Lipinski definition) is 2. The molecule has 0 amide bonds. The molecule has 0 spiro atoms. The Labute approximate surface area is 192 Å². The van der Waals surface area contributed by atoms with E-state index in [-0.39, 0.29) is 5.82 Å². The number of H-pyrrole nitrogens is 1. The van der Waals surface area contributed by atoms with Gasteiger partial charge in [-0.2, -0.15) is 5.10 Å². The van der Waals surface area contributed by atoms with Crippen LogP contribution in [-0.2, 0) is 13.1 Å². The molecule has 33 heavy (non-hydrogen) atoms. The molecule has 4 aromatic rings. The maximum absolute atomic E-state index is 13.5. The molecule has 2 aromatic heterocycles. The fraction of sp³-hybridized carbons (Fsp3) is 0.320. The van der Waals surface area contributed by atoms with Gasteiger partial charge in [-0.05, 0) is 61.3 Å². The number of nitrogens with one attached hydrogen (secondary N) is 2. The molecule has 170 valence electrons. The topological polar surface area (TPSA) is 79.0 Å². The smallest absolute Gasteiger partial charge is 0.138 e. The van der Waals surface area contributed by atoms with Crippen molar-refractivity contribution in [2.24, 2.45) is 0 Å². The Hall–Kier alpha value is -3.52. The Balaban J connectivity index is 1.41. The van der Waals surface area contributed by atoms with E-state index in [4.69, 9.17) is 4.74 Å². The Morgan fingerprint density at radius 3 is 2.67 bits per heavy atom. The van der Waals surface area contributed by atoms with E-state index in [0.717, 1.165) is 53.1 Å². The summed E-state index contributed by atoms with van der Waals surface area (Å²) in [5.41, 5.74) is 4.54. The molecular formula is C25H27FN6O. The Bertz CT molecular complexity index is 1230. The normalized spacial score (nSPS) is 14.5. The van der Waals surface area contributed by atoms with Gasteiger partial charge in [-0.1, -0.05) is 18.6 Å². The minimum atomic E-state index is -0.278. The average molecular weight is 447 g/mol. The third-order valence-electron chi connectivity index (χ3n) is 6.07. The van der Waals surface area contributed by atoms with Crippen LogP contribution in [0, 0.1) is 5.82 Å². The number of likely N-dealkylation sites (tertiary alicyclic amines) is 1.